The fraction of sp³-hybridized carbons (Fsp3) is 0.435. The van der Waals surface area contributed by atoms with E-state index in [0.29, 0.717) is 25.3 Å². The quantitative estimate of drug-likeness (QED) is 0.547. The molecule has 1 unspecified atom stereocenters. The van der Waals surface area contributed by atoms with Crippen molar-refractivity contribution in [2.24, 2.45) is 0 Å². The topological polar surface area (TPSA) is 50.1 Å². The highest BCUT2D eigenvalue weighted by atomic mass is 19.4. The first-order valence-electron chi connectivity index (χ1n) is 10.9. The third kappa shape index (κ3) is 5.09. The van der Waals surface area contributed by atoms with Crippen molar-refractivity contribution in [3.05, 3.63) is 71.5 Å². The second-order valence-corrected chi connectivity index (χ2v) is 7.99. The number of benzene rings is 2. The van der Waals surface area contributed by atoms with Crippen LogP contribution in [-0.4, -0.2) is 51.3 Å². The highest BCUT2D eigenvalue weighted by molar-refractivity contribution is 5.49. The summed E-state index contributed by atoms with van der Waals surface area (Å²) in [5, 5.41) is 12.4. The van der Waals surface area contributed by atoms with Gasteiger partial charge in [-0.3, -0.25) is 4.90 Å². The zero-order chi connectivity index (χ0) is 22.6. The maximum absolute atomic E-state index is 13.1. The highest BCUT2D eigenvalue weighted by Gasteiger charge is 2.32. The van der Waals surface area contributed by atoms with Crippen molar-refractivity contribution in [2.75, 3.05) is 31.1 Å². The molecule has 0 spiro atoms. The lowest BCUT2D eigenvalue weighted by molar-refractivity contribution is -0.137. The molecule has 0 bridgehead atoms. The number of alkyl halides is 3. The second-order valence-electron chi connectivity index (χ2n) is 7.99. The molecule has 3 aromatic rings. The van der Waals surface area contributed by atoms with Crippen LogP contribution in [0.3, 0.4) is 0 Å². The van der Waals surface area contributed by atoms with E-state index in [1.807, 2.05) is 27.8 Å². The number of tetrazole rings is 1. The van der Waals surface area contributed by atoms with E-state index in [4.69, 9.17) is 0 Å². The Bertz CT molecular complexity index is 996. The number of halogens is 3. The lowest BCUT2D eigenvalue weighted by Crippen LogP contribution is -2.48. The van der Waals surface area contributed by atoms with Gasteiger partial charge in [-0.1, -0.05) is 43.3 Å². The largest absolute Gasteiger partial charge is 0.416 e. The average Bonchev–Trinajstić information content (AvgIpc) is 3.27. The third-order valence-electron chi connectivity index (χ3n) is 5.99. The van der Waals surface area contributed by atoms with E-state index in [0.717, 1.165) is 37.8 Å². The van der Waals surface area contributed by atoms with E-state index in [9.17, 15) is 13.2 Å². The Morgan fingerprint density at radius 2 is 1.72 bits per heavy atom. The van der Waals surface area contributed by atoms with Gasteiger partial charge >= 0.3 is 6.18 Å². The molecule has 1 atom stereocenters. The van der Waals surface area contributed by atoms with Crippen molar-refractivity contribution >= 4 is 5.69 Å². The van der Waals surface area contributed by atoms with Gasteiger partial charge in [-0.25, -0.2) is 4.68 Å². The molecule has 1 fully saturated rings. The molecule has 0 radical (unpaired) electrons. The number of piperazine rings is 1. The summed E-state index contributed by atoms with van der Waals surface area (Å²) in [5.41, 5.74) is 1.23. The van der Waals surface area contributed by atoms with Crippen LogP contribution in [0.1, 0.15) is 36.3 Å². The summed E-state index contributed by atoms with van der Waals surface area (Å²) in [6, 6.07) is 15.9. The van der Waals surface area contributed by atoms with Crippen LogP contribution in [-0.2, 0) is 19.1 Å². The zero-order valence-corrected chi connectivity index (χ0v) is 18.0. The van der Waals surface area contributed by atoms with Crippen LogP contribution < -0.4 is 4.90 Å². The summed E-state index contributed by atoms with van der Waals surface area (Å²) in [4.78, 5) is 4.34. The summed E-state index contributed by atoms with van der Waals surface area (Å²) in [6.45, 7) is 5.60. The maximum atomic E-state index is 13.1. The van der Waals surface area contributed by atoms with Gasteiger partial charge in [-0.15, -0.1) is 5.10 Å². The monoisotopic (exact) mass is 444 g/mol. The molecule has 0 amide bonds. The lowest BCUT2D eigenvalue weighted by Gasteiger charge is -2.39. The standard InChI is InChI=1S/C23H27F3N6/c1-2-21(22-27-28-29-32(22)12-11-18-7-4-3-5-8-18)31-15-13-30(14-16-31)20-10-6-9-19(17-20)23(24,25)26/h3-10,17,21H,2,11-16H2,1H3. The Morgan fingerprint density at radius 3 is 2.41 bits per heavy atom. The minimum absolute atomic E-state index is 0.0735. The van der Waals surface area contributed by atoms with Crippen molar-refractivity contribution < 1.29 is 13.2 Å². The van der Waals surface area contributed by atoms with Crippen LogP contribution in [0.4, 0.5) is 18.9 Å². The van der Waals surface area contributed by atoms with Gasteiger partial charge < -0.3 is 4.90 Å². The predicted octanol–water partition coefficient (Wildman–Crippen LogP) is 4.21. The normalized spacial score (nSPS) is 16.3. The van der Waals surface area contributed by atoms with E-state index < -0.39 is 11.7 Å². The van der Waals surface area contributed by atoms with Gasteiger partial charge in [0.2, 0.25) is 0 Å². The molecular weight excluding hydrogens is 417 g/mol. The Morgan fingerprint density at radius 1 is 0.969 bits per heavy atom. The molecule has 2 aromatic carbocycles. The van der Waals surface area contributed by atoms with E-state index in [2.05, 4.69) is 39.5 Å². The maximum Gasteiger partial charge on any atom is 0.416 e. The number of anilines is 1. The van der Waals surface area contributed by atoms with Crippen LogP contribution in [0.2, 0.25) is 0 Å². The predicted molar refractivity (Wildman–Crippen MR) is 116 cm³/mol. The van der Waals surface area contributed by atoms with E-state index in [1.54, 1.807) is 6.07 Å². The molecule has 0 saturated carbocycles. The first kappa shape index (κ1) is 22.3. The van der Waals surface area contributed by atoms with Gasteiger partial charge in [0.15, 0.2) is 5.82 Å². The van der Waals surface area contributed by atoms with Crippen LogP contribution in [0.25, 0.3) is 0 Å². The fourth-order valence-corrected chi connectivity index (χ4v) is 4.26. The summed E-state index contributed by atoms with van der Waals surface area (Å²) < 4.78 is 41.1. The summed E-state index contributed by atoms with van der Waals surface area (Å²) in [7, 11) is 0. The molecule has 1 saturated heterocycles. The van der Waals surface area contributed by atoms with Gasteiger partial charge in [0.1, 0.15) is 0 Å². The van der Waals surface area contributed by atoms with Crippen molar-refractivity contribution in [2.45, 2.75) is 38.5 Å². The minimum atomic E-state index is -4.33. The SMILES string of the molecule is CCC(c1nnnn1CCc1ccccc1)N1CCN(c2cccc(C(F)(F)F)c2)CC1. The molecule has 1 aliphatic rings. The Labute approximate surface area is 185 Å². The number of nitrogens with zero attached hydrogens (tertiary/aromatic N) is 6. The molecule has 1 aliphatic heterocycles. The smallest absolute Gasteiger partial charge is 0.369 e. The minimum Gasteiger partial charge on any atom is -0.369 e. The number of hydrogen-bond donors (Lipinski definition) is 0. The first-order chi connectivity index (χ1) is 15.5. The molecule has 2 heterocycles. The van der Waals surface area contributed by atoms with E-state index in [1.165, 1.54) is 17.7 Å². The van der Waals surface area contributed by atoms with E-state index in [-0.39, 0.29) is 6.04 Å². The van der Waals surface area contributed by atoms with Crippen molar-refractivity contribution in [1.82, 2.24) is 25.1 Å². The van der Waals surface area contributed by atoms with Gasteiger partial charge in [-0.2, -0.15) is 13.2 Å². The fourth-order valence-electron chi connectivity index (χ4n) is 4.26. The first-order valence-corrected chi connectivity index (χ1v) is 10.9. The molecule has 0 aliphatic carbocycles. The van der Waals surface area contributed by atoms with Crippen LogP contribution in [0.5, 0.6) is 0 Å². The zero-order valence-electron chi connectivity index (χ0n) is 18.0. The number of aromatic nitrogens is 4. The average molecular weight is 445 g/mol. The van der Waals surface area contributed by atoms with Crippen molar-refractivity contribution in [3.8, 4) is 0 Å². The molecule has 0 N–H and O–H groups in total. The summed E-state index contributed by atoms with van der Waals surface area (Å²) in [6.07, 6.45) is -2.63. The van der Waals surface area contributed by atoms with Crippen molar-refractivity contribution in [3.63, 3.8) is 0 Å². The summed E-state index contributed by atoms with van der Waals surface area (Å²) >= 11 is 0. The van der Waals surface area contributed by atoms with Crippen LogP contribution in [0, 0.1) is 0 Å². The molecule has 32 heavy (non-hydrogen) atoms. The van der Waals surface area contributed by atoms with Gasteiger partial charge in [0, 0.05) is 38.4 Å². The molecular formula is C23H27F3N6. The molecule has 170 valence electrons. The Hall–Kier alpha value is -2.94. The van der Waals surface area contributed by atoms with Gasteiger partial charge in [0.05, 0.1) is 11.6 Å². The van der Waals surface area contributed by atoms with E-state index >= 15 is 0 Å². The number of aryl methyl sites for hydroxylation is 2. The van der Waals surface area contributed by atoms with Gasteiger partial charge in [-0.05, 0) is 47.0 Å². The molecule has 6 nitrogen and oxygen atoms in total. The molecule has 1 aromatic heterocycles. The Kier molecular flexibility index (Phi) is 6.74. The molecule has 9 heteroatoms. The Balaban J connectivity index is 1.40. The number of hydrogen-bond acceptors (Lipinski definition) is 5. The third-order valence-corrected chi connectivity index (χ3v) is 5.99. The van der Waals surface area contributed by atoms with Gasteiger partial charge in [0.25, 0.3) is 0 Å². The molecule has 4 rings (SSSR count). The second kappa shape index (κ2) is 9.68. The number of rotatable bonds is 7. The highest BCUT2D eigenvalue weighted by Crippen LogP contribution is 2.32. The van der Waals surface area contributed by atoms with Crippen molar-refractivity contribution in [1.29, 1.82) is 0 Å². The lowest BCUT2D eigenvalue weighted by atomic mass is 10.1. The van der Waals surface area contributed by atoms with Crippen LogP contribution in [0.15, 0.2) is 54.6 Å². The summed E-state index contributed by atoms with van der Waals surface area (Å²) in [5.74, 6) is 0.843. The van der Waals surface area contributed by atoms with Crippen LogP contribution >= 0.6 is 0 Å².